The first kappa shape index (κ1) is 15.0. The molecule has 0 saturated carbocycles. The third kappa shape index (κ3) is 5.02. The molecule has 0 aliphatic heterocycles. The van der Waals surface area contributed by atoms with Crippen LogP contribution in [0.1, 0.15) is 20.8 Å². The quantitative estimate of drug-likeness (QED) is 0.547. The molecule has 17 heavy (non-hydrogen) atoms. The fraction of sp³-hybridized carbons (Fsp3) is 0.214. The number of hydrogen-bond acceptors (Lipinski definition) is 2. The lowest BCUT2D eigenvalue weighted by Gasteiger charge is -2.11. The van der Waals surface area contributed by atoms with Gasteiger partial charge in [-0.15, -0.1) is 0 Å². The number of nitrogens with one attached hydrogen (secondary N) is 1. The van der Waals surface area contributed by atoms with E-state index in [1.54, 1.807) is 32.1 Å². The topological polar surface area (TPSA) is 49.3 Å². The summed E-state index contributed by atoms with van der Waals surface area (Å²) >= 11 is 0. The van der Waals surface area contributed by atoms with Gasteiger partial charge in [-0.05, 0) is 32.9 Å². The maximum atomic E-state index is 11.0. The minimum Gasteiger partial charge on any atom is -0.478 e. The highest BCUT2D eigenvalue weighted by Gasteiger charge is 2.11. The lowest BCUT2D eigenvalue weighted by Crippen LogP contribution is -2.17. The SMILES string of the molecule is C=C/C(=C\C=C/C)NC(=C/C)/C(=C\C)C(=O)O. The number of hydrogen-bond donors (Lipinski definition) is 2. The third-order valence-corrected chi connectivity index (χ3v) is 2.07. The van der Waals surface area contributed by atoms with Crippen LogP contribution in [0.4, 0.5) is 0 Å². The Morgan fingerprint density at radius 1 is 1.24 bits per heavy atom. The van der Waals surface area contributed by atoms with Gasteiger partial charge in [0.25, 0.3) is 0 Å². The van der Waals surface area contributed by atoms with E-state index >= 15 is 0 Å². The highest BCUT2D eigenvalue weighted by atomic mass is 16.4. The standard InChI is InChI=1S/C14H19NO2/c1-5-9-10-11(6-2)15-13(8-4)12(7-3)14(16)17/h5-10,15H,2H2,1,3-4H3,(H,16,17)/b9-5-,11-10+,12-7+,13-8+. The van der Waals surface area contributed by atoms with Crippen LogP contribution in [-0.4, -0.2) is 11.1 Å². The Kier molecular flexibility index (Phi) is 7.19. The zero-order chi connectivity index (χ0) is 13.3. The first-order valence-electron chi connectivity index (χ1n) is 5.39. The second-order valence-corrected chi connectivity index (χ2v) is 3.19. The zero-order valence-corrected chi connectivity index (χ0v) is 10.5. The summed E-state index contributed by atoms with van der Waals surface area (Å²) in [6.07, 6.45) is 10.5. The number of allylic oxidation sites excluding steroid dienone is 6. The molecule has 0 bridgehead atoms. The molecule has 2 N–H and O–H groups in total. The fourth-order valence-electron chi connectivity index (χ4n) is 1.21. The Balaban J connectivity index is 5.07. The molecule has 0 saturated heterocycles. The summed E-state index contributed by atoms with van der Waals surface area (Å²) < 4.78 is 0. The van der Waals surface area contributed by atoms with Crippen molar-refractivity contribution in [2.24, 2.45) is 0 Å². The molecule has 0 aromatic heterocycles. The second-order valence-electron chi connectivity index (χ2n) is 3.19. The van der Waals surface area contributed by atoms with Gasteiger partial charge in [0.2, 0.25) is 0 Å². The molecule has 0 unspecified atom stereocenters. The van der Waals surface area contributed by atoms with Gasteiger partial charge in [-0.3, -0.25) is 0 Å². The summed E-state index contributed by atoms with van der Waals surface area (Å²) in [6.45, 7) is 9.05. The van der Waals surface area contributed by atoms with Crippen molar-refractivity contribution in [2.45, 2.75) is 20.8 Å². The van der Waals surface area contributed by atoms with E-state index in [-0.39, 0.29) is 5.57 Å². The molecule has 3 nitrogen and oxygen atoms in total. The third-order valence-electron chi connectivity index (χ3n) is 2.07. The van der Waals surface area contributed by atoms with Crippen LogP contribution in [0.15, 0.2) is 60.0 Å². The van der Waals surface area contributed by atoms with Crippen molar-refractivity contribution in [3.8, 4) is 0 Å². The van der Waals surface area contributed by atoms with E-state index in [0.29, 0.717) is 5.70 Å². The highest BCUT2D eigenvalue weighted by Crippen LogP contribution is 2.09. The van der Waals surface area contributed by atoms with Crippen molar-refractivity contribution in [2.75, 3.05) is 0 Å². The van der Waals surface area contributed by atoms with Crippen molar-refractivity contribution >= 4 is 5.97 Å². The molecular weight excluding hydrogens is 214 g/mol. The molecule has 0 radical (unpaired) electrons. The molecule has 0 rings (SSSR count). The summed E-state index contributed by atoms with van der Waals surface area (Å²) in [5, 5.41) is 12.1. The molecule has 0 aromatic carbocycles. The summed E-state index contributed by atoms with van der Waals surface area (Å²) in [7, 11) is 0. The summed E-state index contributed by atoms with van der Waals surface area (Å²) in [5.41, 5.74) is 1.54. The number of aliphatic carboxylic acids is 1. The molecule has 0 fully saturated rings. The Labute approximate surface area is 103 Å². The molecular formula is C14H19NO2. The van der Waals surface area contributed by atoms with Gasteiger partial charge in [-0.25, -0.2) is 4.79 Å². The number of carboxylic acid groups (broad SMARTS) is 1. The van der Waals surface area contributed by atoms with Crippen molar-refractivity contribution in [3.63, 3.8) is 0 Å². The average Bonchev–Trinajstić information content (AvgIpc) is 2.32. The number of carbonyl (C=O) groups is 1. The first-order valence-corrected chi connectivity index (χ1v) is 5.39. The van der Waals surface area contributed by atoms with E-state index in [1.807, 2.05) is 25.2 Å². The van der Waals surface area contributed by atoms with Crippen LogP contribution in [-0.2, 0) is 4.79 Å². The van der Waals surface area contributed by atoms with Crippen molar-refractivity contribution in [1.82, 2.24) is 5.32 Å². The summed E-state index contributed by atoms with van der Waals surface area (Å²) in [4.78, 5) is 11.0. The Hall–Kier alpha value is -2.03. The lowest BCUT2D eigenvalue weighted by atomic mass is 10.1. The minimum atomic E-state index is -0.956. The van der Waals surface area contributed by atoms with Crippen LogP contribution in [0.3, 0.4) is 0 Å². The molecule has 0 amide bonds. The van der Waals surface area contributed by atoms with Crippen LogP contribution in [0, 0.1) is 0 Å². The van der Waals surface area contributed by atoms with Gasteiger partial charge in [-0.1, -0.05) is 30.9 Å². The zero-order valence-electron chi connectivity index (χ0n) is 10.5. The van der Waals surface area contributed by atoms with Gasteiger partial charge in [-0.2, -0.15) is 0 Å². The van der Waals surface area contributed by atoms with E-state index in [4.69, 9.17) is 5.11 Å². The molecule has 92 valence electrons. The molecule has 0 aliphatic carbocycles. The van der Waals surface area contributed by atoms with Crippen LogP contribution in [0.5, 0.6) is 0 Å². The van der Waals surface area contributed by atoms with Gasteiger partial charge in [0.15, 0.2) is 0 Å². The molecule has 0 atom stereocenters. The van der Waals surface area contributed by atoms with E-state index in [2.05, 4.69) is 11.9 Å². The van der Waals surface area contributed by atoms with Crippen molar-refractivity contribution in [3.05, 3.63) is 60.0 Å². The minimum absolute atomic E-state index is 0.237. The van der Waals surface area contributed by atoms with Gasteiger partial charge in [0, 0.05) is 11.4 Å². The lowest BCUT2D eigenvalue weighted by molar-refractivity contribution is -0.132. The number of rotatable bonds is 6. The predicted molar refractivity (Wildman–Crippen MR) is 71.4 cm³/mol. The Bertz CT molecular complexity index is 398. The van der Waals surface area contributed by atoms with Crippen molar-refractivity contribution in [1.29, 1.82) is 0 Å². The van der Waals surface area contributed by atoms with Gasteiger partial charge in [0.1, 0.15) is 0 Å². The Morgan fingerprint density at radius 2 is 1.88 bits per heavy atom. The molecule has 0 aliphatic rings. The van der Waals surface area contributed by atoms with Gasteiger partial charge in [0.05, 0.1) is 5.57 Å². The number of carboxylic acids is 1. The normalized spacial score (nSPS) is 13.9. The van der Waals surface area contributed by atoms with E-state index in [1.165, 1.54) is 0 Å². The first-order chi connectivity index (χ1) is 8.10. The maximum absolute atomic E-state index is 11.0. The molecule has 0 heterocycles. The highest BCUT2D eigenvalue weighted by molar-refractivity contribution is 5.91. The molecule has 0 aromatic rings. The maximum Gasteiger partial charge on any atom is 0.337 e. The predicted octanol–water partition coefficient (Wildman–Crippen LogP) is 3.16. The molecule has 0 spiro atoms. The van der Waals surface area contributed by atoms with Gasteiger partial charge < -0.3 is 10.4 Å². The van der Waals surface area contributed by atoms with Crippen LogP contribution >= 0.6 is 0 Å². The fourth-order valence-corrected chi connectivity index (χ4v) is 1.21. The van der Waals surface area contributed by atoms with E-state index < -0.39 is 5.97 Å². The van der Waals surface area contributed by atoms with E-state index in [9.17, 15) is 4.79 Å². The molecule has 3 heteroatoms. The van der Waals surface area contributed by atoms with Crippen molar-refractivity contribution < 1.29 is 9.90 Å². The Morgan fingerprint density at radius 3 is 2.24 bits per heavy atom. The largest absolute Gasteiger partial charge is 0.478 e. The average molecular weight is 233 g/mol. The summed E-state index contributed by atoms with van der Waals surface area (Å²) in [5.74, 6) is -0.956. The second kappa shape index (κ2) is 8.16. The smallest absolute Gasteiger partial charge is 0.337 e. The monoisotopic (exact) mass is 233 g/mol. The van der Waals surface area contributed by atoms with Crippen LogP contribution in [0.25, 0.3) is 0 Å². The van der Waals surface area contributed by atoms with Crippen LogP contribution in [0.2, 0.25) is 0 Å². The van der Waals surface area contributed by atoms with Gasteiger partial charge >= 0.3 is 5.97 Å². The summed E-state index contributed by atoms with van der Waals surface area (Å²) in [6, 6.07) is 0. The van der Waals surface area contributed by atoms with E-state index in [0.717, 1.165) is 5.70 Å². The van der Waals surface area contributed by atoms with Crippen LogP contribution < -0.4 is 5.32 Å².